The monoisotopic (exact) mass is 349 g/mol. The van der Waals surface area contributed by atoms with Crippen LogP contribution in [0.4, 0.5) is 15.8 Å². The second-order valence-electron chi connectivity index (χ2n) is 6.15. The topological polar surface area (TPSA) is 48.4 Å². The molecule has 1 fully saturated rings. The van der Waals surface area contributed by atoms with Gasteiger partial charge < -0.3 is 15.3 Å². The second kappa shape index (κ2) is 7.36. The number of rotatable bonds is 4. The third kappa shape index (κ3) is 3.97. The van der Waals surface area contributed by atoms with Crippen LogP contribution in [0.5, 0.6) is 0 Å². The van der Waals surface area contributed by atoms with Gasteiger partial charge in [-0.1, -0.05) is 11.6 Å². The van der Waals surface area contributed by atoms with Crippen molar-refractivity contribution < 1.29 is 9.50 Å². The normalized spacial score (nSPS) is 16.9. The highest BCUT2D eigenvalue weighted by atomic mass is 35.5. The van der Waals surface area contributed by atoms with E-state index in [0.29, 0.717) is 5.15 Å². The van der Waals surface area contributed by atoms with E-state index in [1.807, 2.05) is 19.1 Å². The van der Waals surface area contributed by atoms with Gasteiger partial charge in [-0.25, -0.2) is 9.37 Å². The zero-order valence-electron chi connectivity index (χ0n) is 13.5. The van der Waals surface area contributed by atoms with Crippen LogP contribution in [-0.2, 0) is 0 Å². The second-order valence-corrected chi connectivity index (χ2v) is 6.54. The molecule has 4 nitrogen and oxygen atoms in total. The molecule has 1 unspecified atom stereocenters. The number of piperidine rings is 1. The van der Waals surface area contributed by atoms with Gasteiger partial charge in [0.25, 0.3) is 0 Å². The van der Waals surface area contributed by atoms with Crippen molar-refractivity contribution in [2.24, 2.45) is 0 Å². The van der Waals surface area contributed by atoms with Gasteiger partial charge in [-0.2, -0.15) is 0 Å². The number of aliphatic hydroxyl groups is 1. The minimum Gasteiger partial charge on any atom is -0.393 e. The van der Waals surface area contributed by atoms with Crippen molar-refractivity contribution in [3.63, 3.8) is 0 Å². The number of nitrogens with one attached hydrogen (secondary N) is 1. The van der Waals surface area contributed by atoms with Gasteiger partial charge in [-0.05, 0) is 50.1 Å². The maximum Gasteiger partial charge on any atom is 0.131 e. The molecular weight excluding hydrogens is 329 g/mol. The maximum atomic E-state index is 13.8. The summed E-state index contributed by atoms with van der Waals surface area (Å²) in [6.45, 7) is 3.53. The van der Waals surface area contributed by atoms with Crippen LogP contribution in [0.15, 0.2) is 36.5 Å². The van der Waals surface area contributed by atoms with Crippen molar-refractivity contribution in [2.45, 2.75) is 31.9 Å². The number of anilines is 2. The number of aliphatic hydroxyl groups excluding tert-OH is 1. The zero-order chi connectivity index (χ0) is 17.1. The summed E-state index contributed by atoms with van der Waals surface area (Å²) in [5.41, 5.74) is 2.73. The first-order valence-electron chi connectivity index (χ1n) is 8.13. The molecule has 128 valence electrons. The SMILES string of the molecule is CC(Nc1ccnc(Cl)c1)c1cc(F)ccc1N1CCC(O)CC1. The van der Waals surface area contributed by atoms with Gasteiger partial charge in [0.2, 0.25) is 0 Å². The van der Waals surface area contributed by atoms with E-state index in [-0.39, 0.29) is 18.0 Å². The van der Waals surface area contributed by atoms with Crippen LogP contribution in [0, 0.1) is 5.82 Å². The Labute approximate surface area is 146 Å². The first kappa shape index (κ1) is 17.0. The Bertz CT molecular complexity index is 704. The lowest BCUT2D eigenvalue weighted by molar-refractivity contribution is 0.145. The van der Waals surface area contributed by atoms with Gasteiger partial charge in [-0.15, -0.1) is 0 Å². The summed E-state index contributed by atoms with van der Waals surface area (Å²) in [6.07, 6.45) is 2.87. The van der Waals surface area contributed by atoms with Crippen molar-refractivity contribution in [3.8, 4) is 0 Å². The van der Waals surface area contributed by atoms with Crippen molar-refractivity contribution in [2.75, 3.05) is 23.3 Å². The van der Waals surface area contributed by atoms with Crippen molar-refractivity contribution in [1.82, 2.24) is 4.98 Å². The molecule has 0 amide bonds. The van der Waals surface area contributed by atoms with Crippen LogP contribution in [0.25, 0.3) is 0 Å². The van der Waals surface area contributed by atoms with Crippen LogP contribution in [0.3, 0.4) is 0 Å². The first-order valence-corrected chi connectivity index (χ1v) is 8.51. The van der Waals surface area contributed by atoms with Crippen LogP contribution < -0.4 is 10.2 Å². The van der Waals surface area contributed by atoms with Gasteiger partial charge in [0.1, 0.15) is 11.0 Å². The molecule has 1 aliphatic heterocycles. The van der Waals surface area contributed by atoms with Crippen LogP contribution in [0.1, 0.15) is 31.4 Å². The predicted molar refractivity (Wildman–Crippen MR) is 95.1 cm³/mol. The molecule has 6 heteroatoms. The molecule has 1 saturated heterocycles. The predicted octanol–water partition coefficient (Wildman–Crippen LogP) is 4.01. The zero-order valence-corrected chi connectivity index (χ0v) is 14.3. The van der Waals surface area contributed by atoms with E-state index in [1.165, 1.54) is 6.07 Å². The molecule has 2 N–H and O–H groups in total. The molecule has 24 heavy (non-hydrogen) atoms. The van der Waals surface area contributed by atoms with Gasteiger partial charge in [0.05, 0.1) is 12.1 Å². The molecule has 3 rings (SSSR count). The Kier molecular flexibility index (Phi) is 5.21. The molecule has 1 aromatic carbocycles. The minimum atomic E-state index is -0.257. The fourth-order valence-corrected chi connectivity index (χ4v) is 3.26. The van der Waals surface area contributed by atoms with Gasteiger partial charge in [0, 0.05) is 36.2 Å². The highest BCUT2D eigenvalue weighted by Crippen LogP contribution is 2.31. The summed E-state index contributed by atoms with van der Waals surface area (Å²) in [4.78, 5) is 6.17. The third-order valence-electron chi connectivity index (χ3n) is 4.37. The lowest BCUT2D eigenvalue weighted by Gasteiger charge is -2.34. The average molecular weight is 350 g/mol. The molecule has 0 aliphatic carbocycles. The molecule has 1 atom stereocenters. The number of hydrogen-bond acceptors (Lipinski definition) is 4. The Morgan fingerprint density at radius 1 is 1.29 bits per heavy atom. The molecule has 0 spiro atoms. The number of hydrogen-bond donors (Lipinski definition) is 2. The molecule has 0 radical (unpaired) electrons. The molecule has 1 aromatic heterocycles. The number of pyridine rings is 1. The van der Waals surface area contributed by atoms with E-state index < -0.39 is 0 Å². The Morgan fingerprint density at radius 2 is 2.04 bits per heavy atom. The smallest absolute Gasteiger partial charge is 0.131 e. The highest BCUT2D eigenvalue weighted by molar-refractivity contribution is 6.29. The van der Waals surface area contributed by atoms with E-state index in [4.69, 9.17) is 11.6 Å². The minimum absolute atomic E-state index is 0.0963. The average Bonchev–Trinajstić information content (AvgIpc) is 2.56. The molecular formula is C18H21ClFN3O. The van der Waals surface area contributed by atoms with E-state index in [9.17, 15) is 9.50 Å². The first-order chi connectivity index (χ1) is 11.5. The van der Waals surface area contributed by atoms with Crippen LogP contribution in [0.2, 0.25) is 5.15 Å². The van der Waals surface area contributed by atoms with E-state index in [0.717, 1.165) is 42.9 Å². The third-order valence-corrected chi connectivity index (χ3v) is 4.58. The lowest BCUT2D eigenvalue weighted by atomic mass is 10.0. The van der Waals surface area contributed by atoms with Crippen molar-refractivity contribution in [3.05, 3.63) is 53.1 Å². The lowest BCUT2D eigenvalue weighted by Crippen LogP contribution is -2.36. The molecule has 2 aromatic rings. The number of benzene rings is 1. The Balaban J connectivity index is 1.84. The summed E-state index contributed by atoms with van der Waals surface area (Å²) in [5.74, 6) is -0.257. The van der Waals surface area contributed by atoms with Gasteiger partial charge in [-0.3, -0.25) is 0 Å². The van der Waals surface area contributed by atoms with Gasteiger partial charge >= 0.3 is 0 Å². The van der Waals surface area contributed by atoms with E-state index in [1.54, 1.807) is 18.3 Å². The Morgan fingerprint density at radius 3 is 2.75 bits per heavy atom. The summed E-state index contributed by atoms with van der Waals surface area (Å²) >= 11 is 5.92. The highest BCUT2D eigenvalue weighted by Gasteiger charge is 2.21. The molecule has 0 saturated carbocycles. The molecule has 2 heterocycles. The van der Waals surface area contributed by atoms with Crippen molar-refractivity contribution in [1.29, 1.82) is 0 Å². The maximum absolute atomic E-state index is 13.8. The molecule has 1 aliphatic rings. The summed E-state index contributed by atoms with van der Waals surface area (Å²) < 4.78 is 13.8. The Hall–Kier alpha value is -1.85. The standard InChI is InChI=1S/C18H21ClFN3O/c1-12(22-14-4-7-21-18(19)11-14)16-10-13(20)2-3-17(16)23-8-5-15(24)6-9-23/h2-4,7,10-12,15,24H,5-6,8-9H2,1H3,(H,21,22). The van der Waals surface area contributed by atoms with E-state index in [2.05, 4.69) is 15.2 Å². The van der Waals surface area contributed by atoms with Crippen LogP contribution >= 0.6 is 11.6 Å². The summed E-state index contributed by atoms with van der Waals surface area (Å²) in [7, 11) is 0. The quantitative estimate of drug-likeness (QED) is 0.819. The number of nitrogens with zero attached hydrogens (tertiary/aromatic N) is 2. The number of aromatic nitrogens is 1. The van der Waals surface area contributed by atoms with Gasteiger partial charge in [0.15, 0.2) is 0 Å². The molecule has 0 bridgehead atoms. The van der Waals surface area contributed by atoms with Crippen LogP contribution in [-0.4, -0.2) is 29.3 Å². The number of halogens is 2. The fraction of sp³-hybridized carbons (Fsp3) is 0.389. The van der Waals surface area contributed by atoms with Crippen molar-refractivity contribution >= 4 is 23.0 Å². The largest absolute Gasteiger partial charge is 0.393 e. The summed E-state index contributed by atoms with van der Waals surface area (Å²) in [6, 6.07) is 8.36. The summed E-state index contributed by atoms with van der Waals surface area (Å²) in [5, 5.41) is 13.5. The fourth-order valence-electron chi connectivity index (χ4n) is 3.09. The van der Waals surface area contributed by atoms with E-state index >= 15 is 0 Å².